The first kappa shape index (κ1) is 18.5. The number of nitrogens with one attached hydrogen (secondary N) is 2. The van der Waals surface area contributed by atoms with Gasteiger partial charge in [-0.25, -0.2) is 9.97 Å². The average molecular weight is 344 g/mol. The number of nitrogens with zero attached hydrogens (tertiary/aromatic N) is 2. The smallest absolute Gasteiger partial charge is 0.274 e. The fourth-order valence-electron chi connectivity index (χ4n) is 2.20. The van der Waals surface area contributed by atoms with Gasteiger partial charge in [0.25, 0.3) is 5.91 Å². The molecule has 7 nitrogen and oxygen atoms in total. The number of amides is 1. The summed E-state index contributed by atoms with van der Waals surface area (Å²) in [7, 11) is 3.11. The molecule has 0 radical (unpaired) electrons. The first-order valence-electron chi connectivity index (χ1n) is 8.12. The molecule has 0 spiro atoms. The Hall–Kier alpha value is -2.83. The molecule has 1 aromatic carbocycles. The van der Waals surface area contributed by atoms with Crippen LogP contribution in [0.15, 0.2) is 24.3 Å². The third-order valence-electron chi connectivity index (χ3n) is 3.73. The van der Waals surface area contributed by atoms with Gasteiger partial charge in [-0.1, -0.05) is 6.92 Å². The lowest BCUT2D eigenvalue weighted by atomic mass is 10.2. The first-order valence-corrected chi connectivity index (χ1v) is 8.12. The van der Waals surface area contributed by atoms with Crippen molar-refractivity contribution in [2.45, 2.75) is 33.2 Å². The van der Waals surface area contributed by atoms with Gasteiger partial charge < -0.3 is 20.1 Å². The highest BCUT2D eigenvalue weighted by Gasteiger charge is 2.14. The van der Waals surface area contributed by atoms with Gasteiger partial charge in [0, 0.05) is 18.2 Å². The Morgan fingerprint density at radius 3 is 2.60 bits per heavy atom. The number of hydrogen-bond acceptors (Lipinski definition) is 6. The second-order valence-electron chi connectivity index (χ2n) is 5.66. The molecule has 1 aromatic heterocycles. The highest BCUT2D eigenvalue weighted by Crippen LogP contribution is 2.29. The van der Waals surface area contributed by atoms with Crippen LogP contribution in [0.25, 0.3) is 0 Å². The van der Waals surface area contributed by atoms with Crippen molar-refractivity contribution in [3.8, 4) is 11.5 Å². The Balaban J connectivity index is 2.23. The molecule has 0 saturated carbocycles. The summed E-state index contributed by atoms with van der Waals surface area (Å²) in [6, 6.07) is 7.08. The maximum absolute atomic E-state index is 12.6. The van der Waals surface area contributed by atoms with Gasteiger partial charge in [0.05, 0.1) is 19.9 Å². The van der Waals surface area contributed by atoms with Crippen LogP contribution in [0.4, 0.5) is 11.5 Å². The second-order valence-corrected chi connectivity index (χ2v) is 5.66. The second kappa shape index (κ2) is 8.32. The van der Waals surface area contributed by atoms with Crippen molar-refractivity contribution in [2.24, 2.45) is 0 Å². The van der Waals surface area contributed by atoms with Crippen LogP contribution in [0.1, 0.15) is 36.6 Å². The minimum Gasteiger partial charge on any atom is -0.497 e. The molecule has 0 aliphatic rings. The van der Waals surface area contributed by atoms with Crippen molar-refractivity contribution in [3.63, 3.8) is 0 Å². The van der Waals surface area contributed by atoms with E-state index in [2.05, 4.69) is 34.4 Å². The molecule has 1 unspecified atom stereocenters. The van der Waals surface area contributed by atoms with E-state index in [9.17, 15) is 4.79 Å². The highest BCUT2D eigenvalue weighted by atomic mass is 16.5. The van der Waals surface area contributed by atoms with E-state index in [1.54, 1.807) is 38.3 Å². The maximum atomic E-state index is 12.6. The van der Waals surface area contributed by atoms with Gasteiger partial charge in [0.2, 0.25) is 0 Å². The molecule has 1 heterocycles. The van der Waals surface area contributed by atoms with Gasteiger partial charge in [-0.2, -0.15) is 0 Å². The van der Waals surface area contributed by atoms with Crippen molar-refractivity contribution in [2.75, 3.05) is 24.9 Å². The normalized spacial score (nSPS) is 11.6. The van der Waals surface area contributed by atoms with Gasteiger partial charge in [0.1, 0.15) is 28.8 Å². The lowest BCUT2D eigenvalue weighted by Crippen LogP contribution is -2.19. The SMILES string of the molecule is CCC(C)Nc1cc(C(=O)Nc2ccc(OC)cc2OC)nc(C)n1. The lowest BCUT2D eigenvalue weighted by molar-refractivity contribution is 0.102. The zero-order valence-electron chi connectivity index (χ0n) is 15.2. The molecule has 25 heavy (non-hydrogen) atoms. The van der Waals surface area contributed by atoms with E-state index < -0.39 is 0 Å². The van der Waals surface area contributed by atoms with Crippen molar-refractivity contribution in [1.82, 2.24) is 9.97 Å². The standard InChI is InChI=1S/C18H24N4O3/c1-6-11(2)19-17-10-15(20-12(3)21-17)18(23)22-14-8-7-13(24-4)9-16(14)25-5/h7-11H,6H2,1-5H3,(H,22,23)(H,19,20,21). The molecule has 0 aliphatic carbocycles. The molecule has 0 fully saturated rings. The minimum absolute atomic E-state index is 0.256. The number of aryl methyl sites for hydroxylation is 1. The third kappa shape index (κ3) is 4.82. The Kier molecular flexibility index (Phi) is 6.16. The number of hydrogen-bond donors (Lipinski definition) is 2. The Labute approximate surface area is 147 Å². The summed E-state index contributed by atoms with van der Waals surface area (Å²) in [5.41, 5.74) is 0.831. The van der Waals surface area contributed by atoms with E-state index in [0.29, 0.717) is 28.8 Å². The summed E-state index contributed by atoms with van der Waals surface area (Å²) in [6.45, 7) is 5.89. The predicted octanol–water partition coefficient (Wildman–Crippen LogP) is 3.26. The molecule has 1 amide bonds. The zero-order chi connectivity index (χ0) is 18.4. The molecule has 1 atom stereocenters. The molecular formula is C18H24N4O3. The average Bonchev–Trinajstić information content (AvgIpc) is 2.61. The fraction of sp³-hybridized carbons (Fsp3) is 0.389. The first-order chi connectivity index (χ1) is 12.0. The van der Waals surface area contributed by atoms with E-state index in [1.807, 2.05) is 0 Å². The van der Waals surface area contributed by atoms with Crippen LogP contribution in [0.3, 0.4) is 0 Å². The van der Waals surface area contributed by atoms with E-state index in [0.717, 1.165) is 6.42 Å². The summed E-state index contributed by atoms with van der Waals surface area (Å²) < 4.78 is 10.5. The summed E-state index contributed by atoms with van der Waals surface area (Å²) in [5.74, 6) is 1.99. The van der Waals surface area contributed by atoms with E-state index in [4.69, 9.17) is 9.47 Å². The van der Waals surface area contributed by atoms with Gasteiger partial charge in [-0.05, 0) is 32.4 Å². The molecule has 2 rings (SSSR count). The lowest BCUT2D eigenvalue weighted by Gasteiger charge is -2.14. The van der Waals surface area contributed by atoms with E-state index in [1.165, 1.54) is 7.11 Å². The van der Waals surface area contributed by atoms with E-state index in [-0.39, 0.29) is 17.6 Å². The number of methoxy groups -OCH3 is 2. The predicted molar refractivity (Wildman–Crippen MR) is 97.6 cm³/mol. The topological polar surface area (TPSA) is 85.4 Å². The van der Waals surface area contributed by atoms with Gasteiger partial charge >= 0.3 is 0 Å². The summed E-state index contributed by atoms with van der Waals surface area (Å²) in [5, 5.41) is 6.07. The number of benzene rings is 1. The van der Waals surface area contributed by atoms with Crippen LogP contribution in [0, 0.1) is 6.92 Å². The van der Waals surface area contributed by atoms with Crippen LogP contribution in [-0.2, 0) is 0 Å². The zero-order valence-corrected chi connectivity index (χ0v) is 15.2. The van der Waals surface area contributed by atoms with Crippen molar-refractivity contribution >= 4 is 17.4 Å². The third-order valence-corrected chi connectivity index (χ3v) is 3.73. The molecule has 0 aliphatic heterocycles. The largest absolute Gasteiger partial charge is 0.497 e. The van der Waals surface area contributed by atoms with Gasteiger partial charge in [-0.3, -0.25) is 4.79 Å². The summed E-state index contributed by atoms with van der Waals surface area (Å²) in [4.78, 5) is 21.1. The molecule has 2 aromatic rings. The Morgan fingerprint density at radius 1 is 1.20 bits per heavy atom. The number of ether oxygens (including phenoxy) is 2. The monoisotopic (exact) mass is 344 g/mol. The number of rotatable bonds is 7. The van der Waals surface area contributed by atoms with Crippen molar-refractivity contribution < 1.29 is 14.3 Å². The van der Waals surface area contributed by atoms with Crippen LogP contribution in [0.5, 0.6) is 11.5 Å². The molecule has 0 saturated heterocycles. The quantitative estimate of drug-likeness (QED) is 0.802. The Bertz CT molecular complexity index is 749. The van der Waals surface area contributed by atoms with Crippen LogP contribution >= 0.6 is 0 Å². The van der Waals surface area contributed by atoms with Gasteiger partial charge in [0.15, 0.2) is 0 Å². The fourth-order valence-corrected chi connectivity index (χ4v) is 2.20. The molecule has 134 valence electrons. The number of aromatic nitrogens is 2. The Morgan fingerprint density at radius 2 is 1.96 bits per heavy atom. The molecule has 0 bridgehead atoms. The minimum atomic E-state index is -0.332. The number of carbonyl (C=O) groups excluding carboxylic acids is 1. The van der Waals surface area contributed by atoms with Crippen LogP contribution < -0.4 is 20.1 Å². The summed E-state index contributed by atoms with van der Waals surface area (Å²) in [6.07, 6.45) is 0.952. The van der Waals surface area contributed by atoms with Crippen molar-refractivity contribution in [1.29, 1.82) is 0 Å². The van der Waals surface area contributed by atoms with Crippen LogP contribution in [0.2, 0.25) is 0 Å². The van der Waals surface area contributed by atoms with Gasteiger partial charge in [-0.15, -0.1) is 0 Å². The van der Waals surface area contributed by atoms with E-state index >= 15 is 0 Å². The molecule has 2 N–H and O–H groups in total. The molecular weight excluding hydrogens is 320 g/mol. The number of anilines is 2. The number of carbonyl (C=O) groups is 1. The highest BCUT2D eigenvalue weighted by molar-refractivity contribution is 6.04. The van der Waals surface area contributed by atoms with Crippen molar-refractivity contribution in [3.05, 3.63) is 35.8 Å². The maximum Gasteiger partial charge on any atom is 0.274 e. The summed E-state index contributed by atoms with van der Waals surface area (Å²) >= 11 is 0. The molecule has 7 heteroatoms. The van der Waals surface area contributed by atoms with Crippen LogP contribution in [-0.4, -0.2) is 36.1 Å².